The molecule has 0 atom stereocenters. The molecule has 0 aliphatic carbocycles. The van der Waals surface area contributed by atoms with E-state index < -0.39 is 5.97 Å². The Morgan fingerprint density at radius 1 is 1.50 bits per heavy atom. The van der Waals surface area contributed by atoms with E-state index >= 15 is 0 Å². The van der Waals surface area contributed by atoms with Gasteiger partial charge in [-0.3, -0.25) is 0 Å². The molecule has 0 bridgehead atoms. The second-order valence-corrected chi connectivity index (χ2v) is 4.13. The Morgan fingerprint density at radius 3 is 2.56 bits per heavy atom. The molecule has 0 saturated heterocycles. The van der Waals surface area contributed by atoms with Crippen molar-refractivity contribution >= 4 is 17.3 Å². The summed E-state index contributed by atoms with van der Waals surface area (Å²) in [5, 5.41) is 12.9. The summed E-state index contributed by atoms with van der Waals surface area (Å²) >= 11 is 1.38. The Bertz CT molecular complexity index is 326. The first-order chi connectivity index (χ1) is 7.17. The van der Waals surface area contributed by atoms with Gasteiger partial charge in [-0.2, -0.15) is 0 Å². The molecule has 0 unspecified atom stereocenters. The van der Waals surface area contributed by atoms with Crippen molar-refractivity contribution in [3.63, 3.8) is 0 Å². The Labute approximate surface area is 112 Å². The van der Waals surface area contributed by atoms with Crippen LogP contribution in [0.25, 0.3) is 0 Å². The van der Waals surface area contributed by atoms with Crippen LogP contribution in [-0.2, 0) is 6.42 Å². The maximum atomic E-state index is 10.5. The molecule has 84 valence electrons. The fraction of sp³-hybridized carbons (Fsp3) is 0.600. The second kappa shape index (κ2) is 7.85. The van der Waals surface area contributed by atoms with E-state index in [2.05, 4.69) is 23.7 Å². The van der Waals surface area contributed by atoms with Crippen molar-refractivity contribution in [1.82, 2.24) is 9.88 Å². The van der Waals surface area contributed by atoms with Crippen molar-refractivity contribution in [2.24, 2.45) is 0 Å². The van der Waals surface area contributed by atoms with Crippen LogP contribution in [0.15, 0.2) is 5.38 Å². The van der Waals surface area contributed by atoms with Gasteiger partial charge >= 0.3 is 18.9 Å². The first-order valence-electron chi connectivity index (χ1n) is 5.05. The molecular weight excluding hydrogens is 219 g/mol. The van der Waals surface area contributed by atoms with Crippen LogP contribution in [-0.4, -0.2) is 35.5 Å². The fourth-order valence-electron chi connectivity index (χ4n) is 1.31. The van der Waals surface area contributed by atoms with E-state index in [0.29, 0.717) is 0 Å². The Hall–Kier alpha value is -0.343. The van der Waals surface area contributed by atoms with Crippen LogP contribution in [0.1, 0.15) is 29.3 Å². The van der Waals surface area contributed by atoms with Crippen molar-refractivity contribution in [2.45, 2.75) is 20.3 Å². The van der Waals surface area contributed by atoms with E-state index in [0.717, 1.165) is 31.1 Å². The van der Waals surface area contributed by atoms with E-state index in [1.54, 1.807) is 0 Å². The number of nitrogens with zero attached hydrogens (tertiary/aromatic N) is 2. The molecule has 0 radical (unpaired) electrons. The molecule has 1 heterocycles. The minimum atomic E-state index is -1.19. The van der Waals surface area contributed by atoms with Crippen molar-refractivity contribution in [2.75, 3.05) is 19.6 Å². The first kappa shape index (κ1) is 15.7. The van der Waals surface area contributed by atoms with Gasteiger partial charge in [0.25, 0.3) is 0 Å². The van der Waals surface area contributed by atoms with Crippen LogP contribution >= 0.6 is 11.3 Å². The summed E-state index contributed by atoms with van der Waals surface area (Å²) in [7, 11) is 0. The summed E-state index contributed by atoms with van der Waals surface area (Å²) in [5.74, 6) is -1.19. The van der Waals surface area contributed by atoms with Crippen LogP contribution in [0.5, 0.6) is 0 Å². The topological polar surface area (TPSA) is 56.3 Å². The van der Waals surface area contributed by atoms with Gasteiger partial charge in [-0.15, -0.1) is 11.3 Å². The normalized spacial score (nSPS) is 10.2. The van der Waals surface area contributed by atoms with Crippen molar-refractivity contribution in [3.05, 3.63) is 16.1 Å². The number of carbonyl (C=O) groups is 1. The van der Waals surface area contributed by atoms with Crippen LogP contribution in [0, 0.1) is 0 Å². The third-order valence-corrected chi connectivity index (χ3v) is 3.21. The van der Waals surface area contributed by atoms with Gasteiger partial charge in [-0.1, -0.05) is 13.8 Å². The summed E-state index contributed by atoms with van der Waals surface area (Å²) in [5.41, 5.74) is 0.0505. The van der Waals surface area contributed by atoms with Gasteiger partial charge in [0.05, 0.1) is 16.7 Å². The van der Waals surface area contributed by atoms with Gasteiger partial charge in [-0.25, -0.2) is 4.98 Å². The quantitative estimate of drug-likeness (QED) is 0.506. The molecular formula is C10H15LiN2O2S. The number of carboxylic acid groups (broad SMARTS) is 1. The molecule has 0 spiro atoms. The zero-order chi connectivity index (χ0) is 11.3. The number of carboxylic acids is 1. The maximum Gasteiger partial charge on any atom is 1.00 e. The number of likely N-dealkylation sites (N-methyl/N-ethyl adjacent to an activating group) is 1. The number of thiazole rings is 1. The summed E-state index contributed by atoms with van der Waals surface area (Å²) < 4.78 is 0. The number of rotatable bonds is 6. The predicted molar refractivity (Wildman–Crippen MR) is 57.9 cm³/mol. The Kier molecular flexibility index (Phi) is 7.69. The standard InChI is InChI=1S/C10H16N2O2S.Li/c1-3-12(4-2)6-5-9-11-8(7-15-9)10(13)14;/h7H,3-6H2,1-2H3,(H,13,14);/q;+1/p-1. The van der Waals surface area contributed by atoms with Crippen molar-refractivity contribution in [3.8, 4) is 0 Å². The summed E-state index contributed by atoms with van der Waals surface area (Å²) in [4.78, 5) is 16.7. The van der Waals surface area contributed by atoms with Crippen molar-refractivity contribution in [1.29, 1.82) is 0 Å². The zero-order valence-electron chi connectivity index (χ0n) is 10.0. The van der Waals surface area contributed by atoms with Crippen LogP contribution in [0.4, 0.5) is 0 Å². The minimum Gasteiger partial charge on any atom is -0.543 e. The third kappa shape index (κ3) is 4.66. The maximum absolute atomic E-state index is 10.5. The summed E-state index contributed by atoms with van der Waals surface area (Å²) in [6.07, 6.45) is 0.805. The van der Waals surface area contributed by atoms with Gasteiger partial charge in [0, 0.05) is 18.3 Å². The van der Waals surface area contributed by atoms with Gasteiger partial charge in [0.15, 0.2) is 0 Å². The molecule has 0 amide bonds. The molecule has 0 saturated carbocycles. The molecule has 16 heavy (non-hydrogen) atoms. The molecule has 1 aromatic heterocycles. The van der Waals surface area contributed by atoms with Crippen LogP contribution < -0.4 is 24.0 Å². The Morgan fingerprint density at radius 2 is 2.12 bits per heavy atom. The molecule has 6 heteroatoms. The van der Waals surface area contributed by atoms with Gasteiger partial charge < -0.3 is 14.8 Å². The van der Waals surface area contributed by atoms with E-state index in [-0.39, 0.29) is 24.6 Å². The molecule has 4 nitrogen and oxygen atoms in total. The largest absolute Gasteiger partial charge is 1.00 e. The van der Waals surface area contributed by atoms with Crippen LogP contribution in [0.3, 0.4) is 0 Å². The molecule has 0 aliphatic heterocycles. The molecule has 0 N–H and O–H groups in total. The third-order valence-electron chi connectivity index (χ3n) is 2.30. The summed E-state index contributed by atoms with van der Waals surface area (Å²) in [6, 6.07) is 0. The molecule has 0 aromatic carbocycles. The first-order valence-corrected chi connectivity index (χ1v) is 5.93. The SMILES string of the molecule is CCN(CC)CCc1nc(C(=O)[O-])cs1.[Li+]. The summed E-state index contributed by atoms with van der Waals surface area (Å²) in [6.45, 7) is 7.16. The van der Waals surface area contributed by atoms with Crippen LogP contribution in [0.2, 0.25) is 0 Å². The van der Waals surface area contributed by atoms with E-state index in [1.165, 1.54) is 16.7 Å². The van der Waals surface area contributed by atoms with Gasteiger partial charge in [-0.05, 0) is 13.1 Å². The van der Waals surface area contributed by atoms with E-state index in [9.17, 15) is 9.90 Å². The average molecular weight is 234 g/mol. The van der Waals surface area contributed by atoms with Gasteiger partial charge in [0.1, 0.15) is 0 Å². The second-order valence-electron chi connectivity index (χ2n) is 3.19. The van der Waals surface area contributed by atoms with Gasteiger partial charge in [0.2, 0.25) is 0 Å². The Balaban J connectivity index is 0.00000225. The van der Waals surface area contributed by atoms with E-state index in [1.807, 2.05) is 0 Å². The minimum absolute atomic E-state index is 0. The average Bonchev–Trinajstić information content (AvgIpc) is 2.68. The number of aromatic nitrogens is 1. The molecule has 1 aromatic rings. The number of hydrogen-bond acceptors (Lipinski definition) is 5. The molecule has 1 rings (SSSR count). The predicted octanol–water partition coefficient (Wildman–Crippen LogP) is -2.61. The number of hydrogen-bond donors (Lipinski definition) is 0. The van der Waals surface area contributed by atoms with E-state index in [4.69, 9.17) is 0 Å². The number of carbonyl (C=O) groups excluding carboxylic acids is 1. The number of aromatic carboxylic acids is 1. The monoisotopic (exact) mass is 234 g/mol. The van der Waals surface area contributed by atoms with Crippen molar-refractivity contribution < 1.29 is 28.8 Å². The zero-order valence-corrected chi connectivity index (χ0v) is 10.8. The smallest absolute Gasteiger partial charge is 0.543 e. The molecule has 0 aliphatic rings. The fourth-order valence-corrected chi connectivity index (χ4v) is 2.07. The molecule has 0 fully saturated rings.